The Hall–Kier alpha value is -1.62. The molecule has 0 radical (unpaired) electrons. The molecule has 0 aliphatic carbocycles. The van der Waals surface area contributed by atoms with Gasteiger partial charge in [0.15, 0.2) is 0 Å². The fraction of sp³-hybridized carbons (Fsp3) is 0.188. The average Bonchev–Trinajstić information content (AvgIpc) is 2.49. The van der Waals surface area contributed by atoms with Crippen LogP contribution in [0.4, 0.5) is 4.39 Å². The lowest BCUT2D eigenvalue weighted by atomic mass is 10.1. The molecule has 6 heteroatoms. The van der Waals surface area contributed by atoms with E-state index in [-0.39, 0.29) is 23.6 Å². The minimum atomic E-state index is -0.936. The predicted octanol–water partition coefficient (Wildman–Crippen LogP) is 3.52. The van der Waals surface area contributed by atoms with Crippen molar-refractivity contribution in [2.24, 2.45) is 0 Å². The first-order valence-electron chi connectivity index (χ1n) is 6.61. The second-order valence-electron chi connectivity index (χ2n) is 4.72. The van der Waals surface area contributed by atoms with Crippen molar-refractivity contribution < 1.29 is 14.3 Å². The molecule has 0 fully saturated rings. The van der Waals surface area contributed by atoms with Crippen LogP contribution in [-0.2, 0) is 11.2 Å². The molecule has 0 bridgehead atoms. The van der Waals surface area contributed by atoms with Gasteiger partial charge in [-0.2, -0.15) is 0 Å². The molecule has 3 nitrogen and oxygen atoms in total. The fourth-order valence-electron chi connectivity index (χ4n) is 1.99. The smallest absolute Gasteiger partial charge is 0.224 e. The summed E-state index contributed by atoms with van der Waals surface area (Å²) in [7, 11) is 0. The first kappa shape index (κ1) is 16.7. The molecule has 0 heterocycles. The lowest BCUT2D eigenvalue weighted by Crippen LogP contribution is -2.30. The molecular weight excluding hydrogens is 328 g/mol. The van der Waals surface area contributed by atoms with Crippen LogP contribution in [0.1, 0.15) is 17.2 Å². The van der Waals surface area contributed by atoms with Gasteiger partial charge in [-0.25, -0.2) is 4.39 Å². The summed E-state index contributed by atoms with van der Waals surface area (Å²) >= 11 is 11.8. The van der Waals surface area contributed by atoms with Crippen molar-refractivity contribution in [2.45, 2.75) is 12.5 Å². The summed E-state index contributed by atoms with van der Waals surface area (Å²) < 4.78 is 13.6. The maximum absolute atomic E-state index is 13.6. The fourth-order valence-corrected chi connectivity index (χ4v) is 2.48. The molecule has 0 aliphatic rings. The Kier molecular flexibility index (Phi) is 5.77. The van der Waals surface area contributed by atoms with Crippen LogP contribution in [0, 0.1) is 5.82 Å². The largest absolute Gasteiger partial charge is 0.387 e. The van der Waals surface area contributed by atoms with E-state index in [4.69, 9.17) is 23.2 Å². The predicted molar refractivity (Wildman–Crippen MR) is 84.5 cm³/mol. The molecule has 1 amide bonds. The van der Waals surface area contributed by atoms with Crippen molar-refractivity contribution in [1.82, 2.24) is 5.32 Å². The van der Waals surface area contributed by atoms with Gasteiger partial charge >= 0.3 is 0 Å². The Morgan fingerprint density at radius 2 is 1.82 bits per heavy atom. The third-order valence-corrected chi connectivity index (χ3v) is 3.85. The Labute approximate surface area is 137 Å². The molecule has 0 spiro atoms. The second-order valence-corrected chi connectivity index (χ2v) is 5.53. The number of benzene rings is 2. The maximum Gasteiger partial charge on any atom is 0.224 e. The second kappa shape index (κ2) is 7.58. The van der Waals surface area contributed by atoms with E-state index in [1.165, 1.54) is 18.2 Å². The summed E-state index contributed by atoms with van der Waals surface area (Å²) in [5.74, 6) is -0.965. The number of nitrogens with one attached hydrogen (secondary N) is 1. The van der Waals surface area contributed by atoms with Crippen molar-refractivity contribution in [3.05, 3.63) is 69.5 Å². The first-order valence-corrected chi connectivity index (χ1v) is 7.36. The van der Waals surface area contributed by atoms with Gasteiger partial charge in [0.2, 0.25) is 5.91 Å². The summed E-state index contributed by atoms with van der Waals surface area (Å²) in [6.07, 6.45) is -1.13. The molecule has 1 atom stereocenters. The zero-order chi connectivity index (χ0) is 16.1. The van der Waals surface area contributed by atoms with Gasteiger partial charge in [-0.3, -0.25) is 4.79 Å². The normalized spacial score (nSPS) is 12.0. The van der Waals surface area contributed by atoms with Crippen LogP contribution >= 0.6 is 23.2 Å². The summed E-state index contributed by atoms with van der Waals surface area (Å²) in [5, 5.41) is 13.2. The molecule has 1 unspecified atom stereocenters. The molecule has 0 saturated heterocycles. The van der Waals surface area contributed by atoms with Gasteiger partial charge in [0, 0.05) is 27.7 Å². The number of rotatable bonds is 5. The molecule has 0 saturated carbocycles. The van der Waals surface area contributed by atoms with Crippen LogP contribution in [0.25, 0.3) is 0 Å². The van der Waals surface area contributed by atoms with Gasteiger partial charge in [0.25, 0.3) is 0 Å². The maximum atomic E-state index is 13.6. The van der Waals surface area contributed by atoms with E-state index in [1.54, 1.807) is 24.3 Å². The van der Waals surface area contributed by atoms with Gasteiger partial charge in [0.05, 0.1) is 12.5 Å². The lowest BCUT2D eigenvalue weighted by molar-refractivity contribution is -0.120. The van der Waals surface area contributed by atoms with E-state index in [9.17, 15) is 14.3 Å². The summed E-state index contributed by atoms with van der Waals surface area (Å²) in [6, 6.07) is 11.1. The van der Waals surface area contributed by atoms with Crippen molar-refractivity contribution in [3.8, 4) is 0 Å². The van der Waals surface area contributed by atoms with E-state index in [0.717, 1.165) is 0 Å². The molecule has 2 aromatic rings. The monoisotopic (exact) mass is 341 g/mol. The van der Waals surface area contributed by atoms with Gasteiger partial charge < -0.3 is 10.4 Å². The minimum absolute atomic E-state index is 0.0192. The Balaban J connectivity index is 1.95. The molecule has 0 aromatic heterocycles. The summed E-state index contributed by atoms with van der Waals surface area (Å²) in [4.78, 5) is 11.9. The zero-order valence-electron chi connectivity index (χ0n) is 11.5. The van der Waals surface area contributed by atoms with E-state index in [1.807, 2.05) is 0 Å². The highest BCUT2D eigenvalue weighted by Gasteiger charge is 2.15. The standard InChI is InChI=1S/C16H14Cl2FNO2/c17-12-5-2-1-4-10(12)15(21)9-20-16(22)8-11-13(18)6-3-7-14(11)19/h1-7,15,21H,8-9H2,(H,20,22). The number of carbonyl (C=O) groups excluding carboxylic acids is 1. The third kappa shape index (κ3) is 4.19. The Morgan fingerprint density at radius 3 is 2.50 bits per heavy atom. The number of hydrogen-bond acceptors (Lipinski definition) is 2. The Bertz CT molecular complexity index is 659. The molecular formula is C16H14Cl2FNO2. The van der Waals surface area contributed by atoms with Crippen LogP contribution in [0.5, 0.6) is 0 Å². The van der Waals surface area contributed by atoms with Crippen LogP contribution in [-0.4, -0.2) is 17.6 Å². The number of carbonyl (C=O) groups is 1. The van der Waals surface area contributed by atoms with Gasteiger partial charge in [-0.1, -0.05) is 47.5 Å². The van der Waals surface area contributed by atoms with E-state index in [0.29, 0.717) is 10.6 Å². The topological polar surface area (TPSA) is 49.3 Å². The van der Waals surface area contributed by atoms with Crippen LogP contribution in [0.15, 0.2) is 42.5 Å². The number of amides is 1. The van der Waals surface area contributed by atoms with Gasteiger partial charge in [-0.05, 0) is 18.2 Å². The summed E-state index contributed by atoms with van der Waals surface area (Å²) in [6.45, 7) is -0.0192. The lowest BCUT2D eigenvalue weighted by Gasteiger charge is -2.14. The molecule has 2 aromatic carbocycles. The summed E-state index contributed by atoms with van der Waals surface area (Å²) in [5.41, 5.74) is 0.655. The number of aliphatic hydroxyl groups is 1. The van der Waals surface area contributed by atoms with Crippen molar-refractivity contribution >= 4 is 29.1 Å². The number of aliphatic hydroxyl groups excluding tert-OH is 1. The molecule has 2 rings (SSSR count). The van der Waals surface area contributed by atoms with Gasteiger partial charge in [0.1, 0.15) is 5.82 Å². The third-order valence-electron chi connectivity index (χ3n) is 3.16. The van der Waals surface area contributed by atoms with E-state index in [2.05, 4.69) is 5.32 Å². The highest BCUT2D eigenvalue weighted by Crippen LogP contribution is 2.22. The number of hydrogen-bond donors (Lipinski definition) is 2. The molecule has 22 heavy (non-hydrogen) atoms. The highest BCUT2D eigenvalue weighted by atomic mass is 35.5. The van der Waals surface area contributed by atoms with Crippen molar-refractivity contribution in [3.63, 3.8) is 0 Å². The van der Waals surface area contributed by atoms with Gasteiger partial charge in [-0.15, -0.1) is 0 Å². The SMILES string of the molecule is O=C(Cc1c(F)cccc1Cl)NCC(O)c1ccccc1Cl. The van der Waals surface area contributed by atoms with Crippen LogP contribution in [0.2, 0.25) is 10.0 Å². The van der Waals surface area contributed by atoms with E-state index >= 15 is 0 Å². The molecule has 0 aliphatic heterocycles. The van der Waals surface area contributed by atoms with Crippen LogP contribution < -0.4 is 5.32 Å². The zero-order valence-corrected chi connectivity index (χ0v) is 13.0. The van der Waals surface area contributed by atoms with Crippen molar-refractivity contribution in [1.29, 1.82) is 0 Å². The minimum Gasteiger partial charge on any atom is -0.387 e. The molecule has 116 valence electrons. The first-order chi connectivity index (χ1) is 10.5. The number of halogens is 3. The quantitative estimate of drug-likeness (QED) is 0.873. The van der Waals surface area contributed by atoms with Crippen molar-refractivity contribution in [2.75, 3.05) is 6.54 Å². The Morgan fingerprint density at radius 1 is 1.14 bits per heavy atom. The molecule has 2 N–H and O–H groups in total. The highest BCUT2D eigenvalue weighted by molar-refractivity contribution is 6.31. The average molecular weight is 342 g/mol. The van der Waals surface area contributed by atoms with E-state index < -0.39 is 17.8 Å². The van der Waals surface area contributed by atoms with Crippen LogP contribution in [0.3, 0.4) is 0 Å².